The molecule has 1 heterocycles. The van der Waals surface area contributed by atoms with Crippen LogP contribution in [0.25, 0.3) is 0 Å². The van der Waals surface area contributed by atoms with E-state index in [4.69, 9.17) is 0 Å². The lowest BCUT2D eigenvalue weighted by atomic mass is 10.1. The van der Waals surface area contributed by atoms with Crippen molar-refractivity contribution >= 4 is 5.91 Å². The zero-order valence-electron chi connectivity index (χ0n) is 11.4. The predicted molar refractivity (Wildman–Crippen MR) is 75.1 cm³/mol. The topological polar surface area (TPSA) is 46.9 Å². The Balaban J connectivity index is 1.89. The first kappa shape index (κ1) is 13.3. The molecular weight excluding hydrogens is 238 g/mol. The van der Waals surface area contributed by atoms with Crippen LogP contribution in [-0.2, 0) is 13.0 Å². The molecule has 0 aliphatic heterocycles. The van der Waals surface area contributed by atoms with E-state index in [0.717, 1.165) is 18.7 Å². The average molecular weight is 257 g/mol. The van der Waals surface area contributed by atoms with Gasteiger partial charge in [-0.3, -0.25) is 9.48 Å². The number of aromatic nitrogens is 2. The van der Waals surface area contributed by atoms with E-state index >= 15 is 0 Å². The number of hydrogen-bond donors (Lipinski definition) is 1. The van der Waals surface area contributed by atoms with Crippen molar-refractivity contribution in [3.63, 3.8) is 0 Å². The zero-order chi connectivity index (χ0) is 13.7. The molecule has 0 aliphatic rings. The summed E-state index contributed by atoms with van der Waals surface area (Å²) < 4.78 is 1.78. The molecule has 2 rings (SSSR count). The number of carbonyl (C=O) groups is 1. The fourth-order valence-electron chi connectivity index (χ4n) is 1.96. The highest BCUT2D eigenvalue weighted by Crippen LogP contribution is 2.05. The van der Waals surface area contributed by atoms with Crippen LogP contribution in [0, 0.1) is 6.92 Å². The minimum Gasteiger partial charge on any atom is -0.352 e. The van der Waals surface area contributed by atoms with Crippen molar-refractivity contribution in [2.24, 2.45) is 0 Å². The van der Waals surface area contributed by atoms with E-state index in [0.29, 0.717) is 12.1 Å². The van der Waals surface area contributed by atoms with E-state index in [1.165, 1.54) is 5.56 Å². The third-order valence-electron chi connectivity index (χ3n) is 3.06. The number of nitrogens with zero attached hydrogens (tertiary/aromatic N) is 2. The molecule has 0 unspecified atom stereocenters. The summed E-state index contributed by atoms with van der Waals surface area (Å²) in [6, 6.07) is 10.1. The number of carbonyl (C=O) groups excluding carboxylic acids is 1. The lowest BCUT2D eigenvalue weighted by molar-refractivity contribution is 0.0953. The molecule has 100 valence electrons. The van der Waals surface area contributed by atoms with Crippen molar-refractivity contribution in [3.05, 3.63) is 53.3 Å². The van der Waals surface area contributed by atoms with Gasteiger partial charge in [-0.2, -0.15) is 5.10 Å². The van der Waals surface area contributed by atoms with Gasteiger partial charge < -0.3 is 5.32 Å². The Morgan fingerprint density at radius 1 is 1.32 bits per heavy atom. The smallest absolute Gasteiger partial charge is 0.254 e. The Kier molecular flexibility index (Phi) is 4.34. The van der Waals surface area contributed by atoms with Crippen LogP contribution in [0.15, 0.2) is 36.5 Å². The summed E-state index contributed by atoms with van der Waals surface area (Å²) in [6.07, 6.45) is 2.64. The minimum atomic E-state index is -0.0480. The van der Waals surface area contributed by atoms with Gasteiger partial charge in [-0.15, -0.1) is 0 Å². The molecule has 0 aliphatic carbocycles. The van der Waals surface area contributed by atoms with Gasteiger partial charge in [-0.1, -0.05) is 30.3 Å². The zero-order valence-corrected chi connectivity index (χ0v) is 11.4. The molecule has 0 bridgehead atoms. The van der Waals surface area contributed by atoms with Crippen molar-refractivity contribution in [1.82, 2.24) is 15.1 Å². The summed E-state index contributed by atoms with van der Waals surface area (Å²) in [4.78, 5) is 12.0. The summed E-state index contributed by atoms with van der Waals surface area (Å²) in [5.41, 5.74) is 2.66. The summed E-state index contributed by atoms with van der Waals surface area (Å²) in [5.74, 6) is -0.0480. The molecule has 1 amide bonds. The van der Waals surface area contributed by atoms with E-state index in [-0.39, 0.29) is 5.91 Å². The number of rotatable bonds is 5. The van der Waals surface area contributed by atoms with Crippen LogP contribution in [0.5, 0.6) is 0 Å². The minimum absolute atomic E-state index is 0.0480. The Hall–Kier alpha value is -2.10. The highest BCUT2D eigenvalue weighted by Gasteiger charge is 2.12. The Morgan fingerprint density at radius 3 is 2.68 bits per heavy atom. The van der Waals surface area contributed by atoms with Crippen molar-refractivity contribution in [2.75, 3.05) is 6.54 Å². The highest BCUT2D eigenvalue weighted by molar-refractivity contribution is 5.94. The van der Waals surface area contributed by atoms with Crippen LogP contribution in [0.2, 0.25) is 0 Å². The van der Waals surface area contributed by atoms with Gasteiger partial charge >= 0.3 is 0 Å². The van der Waals surface area contributed by atoms with E-state index in [1.807, 2.05) is 32.0 Å². The second-order valence-corrected chi connectivity index (χ2v) is 4.48. The van der Waals surface area contributed by atoms with Gasteiger partial charge in [0.1, 0.15) is 0 Å². The lowest BCUT2D eigenvalue weighted by Crippen LogP contribution is -2.25. The molecule has 1 N–H and O–H groups in total. The molecule has 0 saturated heterocycles. The SMILES string of the molecule is CCn1cc(C(=O)NCCc2ccccc2)c(C)n1. The molecule has 4 heteroatoms. The summed E-state index contributed by atoms with van der Waals surface area (Å²) >= 11 is 0. The quantitative estimate of drug-likeness (QED) is 0.892. The van der Waals surface area contributed by atoms with Gasteiger partial charge in [-0.05, 0) is 25.8 Å². The second kappa shape index (κ2) is 6.18. The van der Waals surface area contributed by atoms with Gasteiger partial charge in [-0.25, -0.2) is 0 Å². The molecule has 1 aromatic heterocycles. The molecule has 2 aromatic rings. The molecule has 0 radical (unpaired) electrons. The van der Waals surface area contributed by atoms with Crippen LogP contribution in [0.3, 0.4) is 0 Å². The van der Waals surface area contributed by atoms with E-state index in [2.05, 4.69) is 22.5 Å². The number of benzene rings is 1. The summed E-state index contributed by atoms with van der Waals surface area (Å²) in [7, 11) is 0. The van der Waals surface area contributed by atoms with Crippen LogP contribution < -0.4 is 5.32 Å². The molecule has 4 nitrogen and oxygen atoms in total. The van der Waals surface area contributed by atoms with Crippen LogP contribution in [0.1, 0.15) is 28.5 Å². The summed E-state index contributed by atoms with van der Waals surface area (Å²) in [6.45, 7) is 5.28. The van der Waals surface area contributed by atoms with Gasteiger partial charge in [0.05, 0.1) is 11.3 Å². The van der Waals surface area contributed by atoms with Crippen molar-refractivity contribution < 1.29 is 4.79 Å². The molecule has 0 fully saturated rings. The van der Waals surface area contributed by atoms with Crippen molar-refractivity contribution in [2.45, 2.75) is 26.8 Å². The number of hydrogen-bond acceptors (Lipinski definition) is 2. The first-order chi connectivity index (χ1) is 9.20. The van der Waals surface area contributed by atoms with Crippen LogP contribution >= 0.6 is 0 Å². The van der Waals surface area contributed by atoms with Crippen molar-refractivity contribution in [1.29, 1.82) is 0 Å². The fourth-order valence-corrected chi connectivity index (χ4v) is 1.96. The Morgan fingerprint density at radius 2 is 2.05 bits per heavy atom. The monoisotopic (exact) mass is 257 g/mol. The molecular formula is C15H19N3O. The second-order valence-electron chi connectivity index (χ2n) is 4.48. The first-order valence-electron chi connectivity index (χ1n) is 6.57. The maximum Gasteiger partial charge on any atom is 0.254 e. The van der Waals surface area contributed by atoms with Gasteiger partial charge in [0.2, 0.25) is 0 Å². The van der Waals surface area contributed by atoms with Crippen molar-refractivity contribution in [3.8, 4) is 0 Å². The van der Waals surface area contributed by atoms with Gasteiger partial charge in [0.15, 0.2) is 0 Å². The van der Waals surface area contributed by atoms with Gasteiger partial charge in [0, 0.05) is 19.3 Å². The number of nitrogens with one attached hydrogen (secondary N) is 1. The number of aryl methyl sites for hydroxylation is 2. The molecule has 0 saturated carbocycles. The maximum atomic E-state index is 12.0. The molecule has 1 aromatic carbocycles. The third-order valence-corrected chi connectivity index (χ3v) is 3.06. The maximum absolute atomic E-state index is 12.0. The van der Waals surface area contributed by atoms with Crippen LogP contribution in [0.4, 0.5) is 0 Å². The van der Waals surface area contributed by atoms with Gasteiger partial charge in [0.25, 0.3) is 5.91 Å². The standard InChI is InChI=1S/C15H19N3O/c1-3-18-11-14(12(2)17-18)15(19)16-10-9-13-7-5-4-6-8-13/h4-8,11H,3,9-10H2,1-2H3,(H,16,19). The predicted octanol–water partition coefficient (Wildman–Crippen LogP) is 2.18. The third kappa shape index (κ3) is 3.44. The van der Waals surface area contributed by atoms with Crippen LogP contribution in [-0.4, -0.2) is 22.2 Å². The Labute approximate surface area is 113 Å². The summed E-state index contributed by atoms with van der Waals surface area (Å²) in [5, 5.41) is 7.21. The first-order valence-corrected chi connectivity index (χ1v) is 6.57. The molecule has 0 atom stereocenters. The van der Waals surface area contributed by atoms with E-state index in [9.17, 15) is 4.79 Å². The normalized spacial score (nSPS) is 10.4. The highest BCUT2D eigenvalue weighted by atomic mass is 16.1. The molecule has 19 heavy (non-hydrogen) atoms. The van der Waals surface area contributed by atoms with E-state index < -0.39 is 0 Å². The fraction of sp³-hybridized carbons (Fsp3) is 0.333. The number of amides is 1. The average Bonchev–Trinajstić information content (AvgIpc) is 2.81. The lowest BCUT2D eigenvalue weighted by Gasteiger charge is -2.04. The molecule has 0 spiro atoms. The van der Waals surface area contributed by atoms with E-state index in [1.54, 1.807) is 10.9 Å². The largest absolute Gasteiger partial charge is 0.352 e. The Bertz CT molecular complexity index is 546.